The quantitative estimate of drug-likeness (QED) is 0.552. The molecule has 0 saturated heterocycles. The van der Waals surface area contributed by atoms with Crippen LogP contribution in [0.3, 0.4) is 0 Å². The molecule has 1 amide bonds. The van der Waals surface area contributed by atoms with Gasteiger partial charge in [0.2, 0.25) is 5.91 Å². The number of unbranched alkanes of at least 4 members (excludes halogenated alkanes) is 4. The number of rotatable bonds is 9. The van der Waals surface area contributed by atoms with Crippen molar-refractivity contribution in [3.05, 3.63) is 17.0 Å². The number of amides is 1. The van der Waals surface area contributed by atoms with Gasteiger partial charge in [-0.1, -0.05) is 32.6 Å². The standard InChI is InChI=1S/C13H20ClNO3S2/c1-2-3-4-5-6-7-12(16)15-10-11-8-9-13(19-11)20(14,17)18/h8-9H,2-7,10H2,1H3,(H,15,16). The average Bonchev–Trinajstić information content (AvgIpc) is 2.85. The van der Waals surface area contributed by atoms with Crippen LogP contribution in [0.1, 0.15) is 50.3 Å². The molecule has 0 aliphatic carbocycles. The van der Waals surface area contributed by atoms with Crippen molar-refractivity contribution in [2.75, 3.05) is 0 Å². The molecule has 1 aromatic heterocycles. The molecule has 0 spiro atoms. The molecule has 0 saturated carbocycles. The smallest absolute Gasteiger partial charge is 0.270 e. The molecule has 1 heterocycles. The van der Waals surface area contributed by atoms with Gasteiger partial charge in [0.1, 0.15) is 4.21 Å². The van der Waals surface area contributed by atoms with E-state index in [4.69, 9.17) is 10.7 Å². The molecule has 0 atom stereocenters. The van der Waals surface area contributed by atoms with Crippen molar-refractivity contribution in [3.8, 4) is 0 Å². The fourth-order valence-corrected chi connectivity index (χ4v) is 3.81. The molecule has 1 N–H and O–H groups in total. The number of thiophene rings is 1. The Labute approximate surface area is 129 Å². The van der Waals surface area contributed by atoms with E-state index in [1.165, 1.54) is 25.3 Å². The zero-order valence-electron chi connectivity index (χ0n) is 11.5. The Kier molecular flexibility index (Phi) is 7.55. The molecule has 4 nitrogen and oxygen atoms in total. The first kappa shape index (κ1) is 17.5. The van der Waals surface area contributed by atoms with Gasteiger partial charge in [-0.3, -0.25) is 4.79 Å². The monoisotopic (exact) mass is 337 g/mol. The summed E-state index contributed by atoms with van der Waals surface area (Å²) in [6.07, 6.45) is 6.08. The van der Waals surface area contributed by atoms with Crippen LogP contribution in [0.25, 0.3) is 0 Å². The van der Waals surface area contributed by atoms with Gasteiger partial charge >= 0.3 is 0 Å². The van der Waals surface area contributed by atoms with Gasteiger partial charge < -0.3 is 5.32 Å². The maximum atomic E-state index is 11.6. The number of nitrogens with one attached hydrogen (secondary N) is 1. The third kappa shape index (κ3) is 6.72. The van der Waals surface area contributed by atoms with Crippen molar-refractivity contribution in [2.24, 2.45) is 0 Å². The van der Waals surface area contributed by atoms with Crippen molar-refractivity contribution >= 4 is 37.0 Å². The second-order valence-corrected chi connectivity index (χ2v) is 8.56. The summed E-state index contributed by atoms with van der Waals surface area (Å²) in [7, 11) is 1.57. The fourth-order valence-electron chi connectivity index (χ4n) is 1.75. The number of halogens is 1. The topological polar surface area (TPSA) is 63.2 Å². The summed E-state index contributed by atoms with van der Waals surface area (Å²) < 4.78 is 22.3. The van der Waals surface area contributed by atoms with E-state index in [1.807, 2.05) is 0 Å². The van der Waals surface area contributed by atoms with E-state index in [2.05, 4.69) is 12.2 Å². The summed E-state index contributed by atoms with van der Waals surface area (Å²) >= 11 is 1.08. The van der Waals surface area contributed by atoms with Crippen molar-refractivity contribution in [1.29, 1.82) is 0 Å². The summed E-state index contributed by atoms with van der Waals surface area (Å²) in [5.41, 5.74) is 0. The summed E-state index contributed by atoms with van der Waals surface area (Å²) in [6, 6.07) is 3.13. The highest BCUT2D eigenvalue weighted by Gasteiger charge is 2.13. The summed E-state index contributed by atoms with van der Waals surface area (Å²) in [6.45, 7) is 2.51. The molecule has 1 aromatic rings. The first-order valence-corrected chi connectivity index (χ1v) is 9.86. The minimum absolute atomic E-state index is 0.00480. The SMILES string of the molecule is CCCCCCCC(=O)NCc1ccc(S(=O)(=O)Cl)s1. The van der Waals surface area contributed by atoms with Crippen LogP contribution in [0.5, 0.6) is 0 Å². The minimum Gasteiger partial charge on any atom is -0.351 e. The highest BCUT2D eigenvalue weighted by atomic mass is 35.7. The van der Waals surface area contributed by atoms with Gasteiger partial charge in [-0.25, -0.2) is 8.42 Å². The lowest BCUT2D eigenvalue weighted by Crippen LogP contribution is -2.21. The molecule has 0 fully saturated rings. The summed E-state index contributed by atoms with van der Waals surface area (Å²) in [4.78, 5) is 12.4. The molecular weight excluding hydrogens is 318 g/mol. The predicted octanol–water partition coefficient (Wildman–Crippen LogP) is 3.65. The van der Waals surface area contributed by atoms with Gasteiger partial charge in [-0.05, 0) is 18.6 Å². The van der Waals surface area contributed by atoms with Gasteiger partial charge in [0.15, 0.2) is 0 Å². The number of hydrogen-bond acceptors (Lipinski definition) is 4. The molecule has 0 aliphatic heterocycles. The van der Waals surface area contributed by atoms with Crippen molar-refractivity contribution in [1.82, 2.24) is 5.32 Å². The Bertz CT molecular complexity index is 525. The van der Waals surface area contributed by atoms with Gasteiger partial charge in [-0.2, -0.15) is 0 Å². The molecule has 114 valence electrons. The lowest BCUT2D eigenvalue weighted by molar-refractivity contribution is -0.121. The lowest BCUT2D eigenvalue weighted by atomic mass is 10.1. The molecule has 0 aromatic carbocycles. The maximum absolute atomic E-state index is 11.6. The second-order valence-electron chi connectivity index (χ2n) is 4.60. The van der Waals surface area contributed by atoms with Crippen LogP contribution in [0.4, 0.5) is 0 Å². The molecule has 0 unspecified atom stereocenters. The first-order chi connectivity index (χ1) is 9.43. The third-order valence-corrected chi connectivity index (χ3v) is 6.02. The third-order valence-electron chi connectivity index (χ3n) is 2.84. The Morgan fingerprint density at radius 2 is 1.95 bits per heavy atom. The summed E-state index contributed by atoms with van der Waals surface area (Å²) in [5.74, 6) is 0.00480. The molecular formula is C13H20ClNO3S2. The van der Waals surface area contributed by atoms with Crippen molar-refractivity contribution < 1.29 is 13.2 Å². The van der Waals surface area contributed by atoms with Crippen LogP contribution in [0, 0.1) is 0 Å². The fraction of sp³-hybridized carbons (Fsp3) is 0.615. The van der Waals surface area contributed by atoms with Gasteiger partial charge in [0.25, 0.3) is 9.05 Å². The van der Waals surface area contributed by atoms with Crippen LogP contribution in [0.15, 0.2) is 16.3 Å². The molecule has 0 bridgehead atoms. The average molecular weight is 338 g/mol. The van der Waals surface area contributed by atoms with Gasteiger partial charge in [0, 0.05) is 22.0 Å². The van der Waals surface area contributed by atoms with E-state index in [-0.39, 0.29) is 10.1 Å². The molecule has 0 aliphatic rings. The van der Waals surface area contributed by atoms with E-state index in [1.54, 1.807) is 6.07 Å². The van der Waals surface area contributed by atoms with E-state index < -0.39 is 9.05 Å². The van der Waals surface area contributed by atoms with Crippen LogP contribution < -0.4 is 5.32 Å². The van der Waals surface area contributed by atoms with E-state index in [0.717, 1.165) is 29.1 Å². The predicted molar refractivity (Wildman–Crippen MR) is 82.6 cm³/mol. The highest BCUT2D eigenvalue weighted by Crippen LogP contribution is 2.24. The van der Waals surface area contributed by atoms with E-state index >= 15 is 0 Å². The maximum Gasteiger partial charge on any atom is 0.270 e. The molecule has 1 rings (SSSR count). The van der Waals surface area contributed by atoms with E-state index in [9.17, 15) is 13.2 Å². The lowest BCUT2D eigenvalue weighted by Gasteiger charge is -2.03. The molecule has 7 heteroatoms. The molecule has 20 heavy (non-hydrogen) atoms. The molecule has 0 radical (unpaired) electrons. The number of hydrogen-bond donors (Lipinski definition) is 1. The Morgan fingerprint density at radius 3 is 2.55 bits per heavy atom. The zero-order valence-corrected chi connectivity index (χ0v) is 13.9. The minimum atomic E-state index is -3.67. The first-order valence-electron chi connectivity index (χ1n) is 6.73. The normalized spacial score (nSPS) is 11.5. The van der Waals surface area contributed by atoms with Crippen molar-refractivity contribution in [2.45, 2.75) is 56.2 Å². The van der Waals surface area contributed by atoms with Crippen LogP contribution in [-0.4, -0.2) is 14.3 Å². The van der Waals surface area contributed by atoms with E-state index in [0.29, 0.717) is 13.0 Å². The second kappa shape index (κ2) is 8.64. The van der Waals surface area contributed by atoms with Crippen LogP contribution in [0.2, 0.25) is 0 Å². The number of carbonyl (C=O) groups excluding carboxylic acids is 1. The Morgan fingerprint density at radius 1 is 1.25 bits per heavy atom. The van der Waals surface area contributed by atoms with Gasteiger partial charge in [-0.15, -0.1) is 11.3 Å². The van der Waals surface area contributed by atoms with Crippen LogP contribution in [-0.2, 0) is 20.4 Å². The highest BCUT2D eigenvalue weighted by molar-refractivity contribution is 8.15. The Hall–Kier alpha value is -0.590. The Balaban J connectivity index is 2.26. The van der Waals surface area contributed by atoms with Crippen molar-refractivity contribution in [3.63, 3.8) is 0 Å². The van der Waals surface area contributed by atoms with Crippen LogP contribution >= 0.6 is 22.0 Å². The number of carbonyl (C=O) groups is 1. The largest absolute Gasteiger partial charge is 0.351 e. The zero-order chi connectivity index (χ0) is 15.0. The summed E-state index contributed by atoms with van der Waals surface area (Å²) in [5, 5.41) is 2.79. The van der Waals surface area contributed by atoms with Gasteiger partial charge in [0.05, 0.1) is 6.54 Å².